The fourth-order valence-corrected chi connectivity index (χ4v) is 2.11. The Bertz CT molecular complexity index is 164. The van der Waals surface area contributed by atoms with E-state index in [0.717, 1.165) is 39.2 Å². The number of nitrogens with one attached hydrogen (secondary N) is 1. The Hall–Kier alpha value is -0.120. The molecule has 3 nitrogen and oxygen atoms in total. The Morgan fingerprint density at radius 3 is 2.80 bits per heavy atom. The van der Waals surface area contributed by atoms with Crippen molar-refractivity contribution in [2.24, 2.45) is 5.92 Å². The van der Waals surface area contributed by atoms with Gasteiger partial charge in [-0.2, -0.15) is 0 Å². The molecule has 3 unspecified atom stereocenters. The first kappa shape index (κ1) is 12.9. The Morgan fingerprint density at radius 1 is 1.47 bits per heavy atom. The van der Waals surface area contributed by atoms with Gasteiger partial charge >= 0.3 is 0 Å². The van der Waals surface area contributed by atoms with Gasteiger partial charge in [-0.25, -0.2) is 0 Å². The maximum absolute atomic E-state index is 5.63. The first-order valence-corrected chi connectivity index (χ1v) is 6.20. The van der Waals surface area contributed by atoms with Crippen molar-refractivity contribution < 1.29 is 9.47 Å². The van der Waals surface area contributed by atoms with E-state index < -0.39 is 0 Å². The fourth-order valence-electron chi connectivity index (χ4n) is 2.11. The molecule has 1 heterocycles. The average molecular weight is 215 g/mol. The molecule has 0 amide bonds. The van der Waals surface area contributed by atoms with E-state index in [1.807, 2.05) is 0 Å². The van der Waals surface area contributed by atoms with E-state index in [4.69, 9.17) is 9.47 Å². The van der Waals surface area contributed by atoms with E-state index in [1.165, 1.54) is 0 Å². The summed E-state index contributed by atoms with van der Waals surface area (Å²) in [6.07, 6.45) is 2.67. The minimum Gasteiger partial charge on any atom is -0.380 e. The largest absolute Gasteiger partial charge is 0.380 e. The van der Waals surface area contributed by atoms with Crippen molar-refractivity contribution in [3.8, 4) is 0 Å². The smallest absolute Gasteiger partial charge is 0.0623 e. The third-order valence-corrected chi connectivity index (χ3v) is 2.91. The SMILES string of the molecule is CCCOCC(NCC)C1COC(C)C1. The van der Waals surface area contributed by atoms with Crippen LogP contribution in [0.4, 0.5) is 0 Å². The monoisotopic (exact) mass is 215 g/mol. The third kappa shape index (κ3) is 4.49. The highest BCUT2D eigenvalue weighted by Crippen LogP contribution is 2.22. The summed E-state index contributed by atoms with van der Waals surface area (Å²) in [6.45, 7) is 10.0. The molecule has 1 N–H and O–H groups in total. The fraction of sp³-hybridized carbons (Fsp3) is 1.00. The van der Waals surface area contributed by atoms with Gasteiger partial charge in [0.1, 0.15) is 0 Å². The van der Waals surface area contributed by atoms with Crippen molar-refractivity contribution in [3.05, 3.63) is 0 Å². The lowest BCUT2D eigenvalue weighted by Crippen LogP contribution is -2.40. The number of likely N-dealkylation sites (N-methyl/N-ethyl adjacent to an activating group) is 1. The second kappa shape index (κ2) is 7.20. The summed E-state index contributed by atoms with van der Waals surface area (Å²) in [5, 5.41) is 3.50. The van der Waals surface area contributed by atoms with Crippen LogP contribution in [0.25, 0.3) is 0 Å². The second-order valence-corrected chi connectivity index (χ2v) is 4.38. The van der Waals surface area contributed by atoms with Gasteiger partial charge in [0.2, 0.25) is 0 Å². The van der Waals surface area contributed by atoms with Crippen LogP contribution in [0, 0.1) is 5.92 Å². The van der Waals surface area contributed by atoms with Gasteiger partial charge in [-0.15, -0.1) is 0 Å². The van der Waals surface area contributed by atoms with Crippen LogP contribution in [0.1, 0.15) is 33.6 Å². The molecule has 0 saturated carbocycles. The summed E-state index contributed by atoms with van der Waals surface area (Å²) in [7, 11) is 0. The first-order chi connectivity index (χ1) is 7.27. The second-order valence-electron chi connectivity index (χ2n) is 4.38. The molecule has 90 valence electrons. The molecule has 1 aliphatic heterocycles. The van der Waals surface area contributed by atoms with Gasteiger partial charge in [0.25, 0.3) is 0 Å². The molecule has 1 aliphatic rings. The minimum absolute atomic E-state index is 0.419. The highest BCUT2D eigenvalue weighted by atomic mass is 16.5. The van der Waals surface area contributed by atoms with Crippen molar-refractivity contribution in [2.75, 3.05) is 26.4 Å². The van der Waals surface area contributed by atoms with E-state index >= 15 is 0 Å². The maximum atomic E-state index is 5.63. The Balaban J connectivity index is 2.28. The van der Waals surface area contributed by atoms with Gasteiger partial charge < -0.3 is 14.8 Å². The minimum atomic E-state index is 0.419. The molecular weight excluding hydrogens is 190 g/mol. The summed E-state index contributed by atoms with van der Waals surface area (Å²) in [4.78, 5) is 0. The van der Waals surface area contributed by atoms with E-state index in [-0.39, 0.29) is 0 Å². The van der Waals surface area contributed by atoms with E-state index in [2.05, 4.69) is 26.1 Å². The summed E-state index contributed by atoms with van der Waals surface area (Å²) in [5.74, 6) is 0.622. The molecule has 3 atom stereocenters. The van der Waals surface area contributed by atoms with Crippen molar-refractivity contribution in [2.45, 2.75) is 45.8 Å². The van der Waals surface area contributed by atoms with Gasteiger partial charge in [0, 0.05) is 18.6 Å². The van der Waals surface area contributed by atoms with Crippen LogP contribution in [0.2, 0.25) is 0 Å². The van der Waals surface area contributed by atoms with E-state index in [1.54, 1.807) is 0 Å². The van der Waals surface area contributed by atoms with Gasteiger partial charge in [-0.05, 0) is 26.3 Å². The highest BCUT2D eigenvalue weighted by molar-refractivity contribution is 4.81. The van der Waals surface area contributed by atoms with Gasteiger partial charge in [0.05, 0.1) is 19.3 Å². The van der Waals surface area contributed by atoms with E-state index in [0.29, 0.717) is 18.1 Å². The predicted molar refractivity (Wildman–Crippen MR) is 62.1 cm³/mol. The lowest BCUT2D eigenvalue weighted by molar-refractivity contribution is 0.0827. The number of hydrogen-bond acceptors (Lipinski definition) is 3. The summed E-state index contributed by atoms with van der Waals surface area (Å²) < 4.78 is 11.2. The number of ether oxygens (including phenoxy) is 2. The Morgan fingerprint density at radius 2 is 2.27 bits per heavy atom. The summed E-state index contributed by atoms with van der Waals surface area (Å²) in [6, 6.07) is 0.464. The molecule has 1 rings (SSSR count). The van der Waals surface area contributed by atoms with Crippen LogP contribution in [0.3, 0.4) is 0 Å². The predicted octanol–water partition coefficient (Wildman–Crippen LogP) is 1.82. The number of rotatable bonds is 7. The third-order valence-electron chi connectivity index (χ3n) is 2.91. The van der Waals surface area contributed by atoms with Crippen molar-refractivity contribution in [1.29, 1.82) is 0 Å². The summed E-state index contributed by atoms with van der Waals surface area (Å²) >= 11 is 0. The Kier molecular flexibility index (Phi) is 6.22. The molecule has 0 aromatic rings. The molecule has 0 aliphatic carbocycles. The van der Waals surface area contributed by atoms with Gasteiger partial charge in [-0.3, -0.25) is 0 Å². The maximum Gasteiger partial charge on any atom is 0.0623 e. The molecule has 0 spiro atoms. The summed E-state index contributed by atoms with van der Waals surface area (Å²) in [5.41, 5.74) is 0. The molecule has 0 aromatic heterocycles. The molecule has 0 radical (unpaired) electrons. The topological polar surface area (TPSA) is 30.5 Å². The van der Waals surface area contributed by atoms with Crippen molar-refractivity contribution in [3.63, 3.8) is 0 Å². The van der Waals surface area contributed by atoms with Crippen LogP contribution < -0.4 is 5.32 Å². The highest BCUT2D eigenvalue weighted by Gasteiger charge is 2.29. The van der Waals surface area contributed by atoms with Gasteiger partial charge in [-0.1, -0.05) is 13.8 Å². The lowest BCUT2D eigenvalue weighted by Gasteiger charge is -2.23. The van der Waals surface area contributed by atoms with Crippen LogP contribution in [-0.4, -0.2) is 38.5 Å². The standard InChI is InChI=1S/C12H25NO2/c1-4-6-14-9-12(13-5-2)11-7-10(3)15-8-11/h10-13H,4-9H2,1-3H3. The van der Waals surface area contributed by atoms with Crippen LogP contribution in [0.15, 0.2) is 0 Å². The van der Waals surface area contributed by atoms with Crippen molar-refractivity contribution in [1.82, 2.24) is 5.32 Å². The molecule has 1 saturated heterocycles. The zero-order chi connectivity index (χ0) is 11.1. The normalized spacial score (nSPS) is 28.2. The van der Waals surface area contributed by atoms with Crippen LogP contribution in [0.5, 0.6) is 0 Å². The first-order valence-electron chi connectivity index (χ1n) is 6.20. The molecular formula is C12H25NO2. The molecule has 1 fully saturated rings. The van der Waals surface area contributed by atoms with Crippen LogP contribution >= 0.6 is 0 Å². The molecule has 0 aromatic carbocycles. The van der Waals surface area contributed by atoms with E-state index in [9.17, 15) is 0 Å². The zero-order valence-electron chi connectivity index (χ0n) is 10.3. The molecule has 0 bridgehead atoms. The average Bonchev–Trinajstić information content (AvgIpc) is 2.64. The van der Waals surface area contributed by atoms with Gasteiger partial charge in [0.15, 0.2) is 0 Å². The quantitative estimate of drug-likeness (QED) is 0.657. The Labute approximate surface area is 93.5 Å². The van der Waals surface area contributed by atoms with Crippen LogP contribution in [-0.2, 0) is 9.47 Å². The zero-order valence-corrected chi connectivity index (χ0v) is 10.3. The lowest BCUT2D eigenvalue weighted by atomic mass is 9.97. The molecule has 3 heteroatoms. The molecule has 15 heavy (non-hydrogen) atoms. The number of hydrogen-bond donors (Lipinski definition) is 1. The van der Waals surface area contributed by atoms with Crippen molar-refractivity contribution >= 4 is 0 Å².